The lowest BCUT2D eigenvalue weighted by molar-refractivity contribution is 0.637. The van der Waals surface area contributed by atoms with Gasteiger partial charge in [0.2, 0.25) is 4.96 Å². The number of imidazole rings is 1. The van der Waals surface area contributed by atoms with Crippen molar-refractivity contribution in [2.75, 3.05) is 0 Å². The topological polar surface area (TPSA) is 30.2 Å². The van der Waals surface area contributed by atoms with Gasteiger partial charge in [0.25, 0.3) is 0 Å². The zero-order chi connectivity index (χ0) is 14.8. The van der Waals surface area contributed by atoms with Crippen molar-refractivity contribution in [3.8, 4) is 11.3 Å². The van der Waals surface area contributed by atoms with Crippen LogP contribution in [0.5, 0.6) is 0 Å². The summed E-state index contributed by atoms with van der Waals surface area (Å²) in [5.41, 5.74) is 3.56. The molecule has 4 heteroatoms. The number of aromatic nitrogens is 3. The Balaban J connectivity index is 1.85. The van der Waals surface area contributed by atoms with Crippen LogP contribution in [0.1, 0.15) is 37.8 Å². The van der Waals surface area contributed by atoms with Crippen LogP contribution in [-0.4, -0.2) is 14.6 Å². The van der Waals surface area contributed by atoms with E-state index in [0.29, 0.717) is 5.92 Å². The molecule has 0 aliphatic rings. The van der Waals surface area contributed by atoms with Crippen molar-refractivity contribution >= 4 is 16.3 Å². The normalized spacial score (nSPS) is 11.6. The van der Waals surface area contributed by atoms with Crippen molar-refractivity contribution in [3.63, 3.8) is 0 Å². The molecule has 0 spiro atoms. The molecule has 0 aliphatic carbocycles. The van der Waals surface area contributed by atoms with Crippen LogP contribution < -0.4 is 0 Å². The van der Waals surface area contributed by atoms with Crippen LogP contribution in [-0.2, 0) is 12.8 Å². The molecular weight excluding hydrogens is 278 g/mol. The van der Waals surface area contributed by atoms with Crippen molar-refractivity contribution in [3.05, 3.63) is 41.0 Å². The third-order valence-corrected chi connectivity index (χ3v) is 4.40. The maximum Gasteiger partial charge on any atom is 0.212 e. The van der Waals surface area contributed by atoms with Crippen LogP contribution in [0.25, 0.3) is 16.2 Å². The fourth-order valence-corrected chi connectivity index (χ4v) is 3.53. The zero-order valence-electron chi connectivity index (χ0n) is 12.8. The van der Waals surface area contributed by atoms with Crippen molar-refractivity contribution in [2.45, 2.75) is 40.0 Å². The van der Waals surface area contributed by atoms with Gasteiger partial charge in [-0.05, 0) is 17.9 Å². The summed E-state index contributed by atoms with van der Waals surface area (Å²) in [6.45, 7) is 6.64. The van der Waals surface area contributed by atoms with E-state index in [4.69, 9.17) is 4.98 Å². The Morgan fingerprint density at radius 2 is 1.95 bits per heavy atom. The van der Waals surface area contributed by atoms with Crippen LogP contribution in [0.3, 0.4) is 0 Å². The fourth-order valence-electron chi connectivity index (χ4n) is 2.44. The molecule has 0 saturated heterocycles. The SMILES string of the molecule is CCCc1ccc(-c2cn3nc(CC(C)C)sc3n2)cc1. The molecule has 0 bridgehead atoms. The lowest BCUT2D eigenvalue weighted by Crippen LogP contribution is -1.94. The first-order valence-corrected chi connectivity index (χ1v) is 8.41. The second-order valence-electron chi connectivity index (χ2n) is 5.89. The molecule has 21 heavy (non-hydrogen) atoms. The summed E-state index contributed by atoms with van der Waals surface area (Å²) in [6, 6.07) is 8.71. The summed E-state index contributed by atoms with van der Waals surface area (Å²) in [6.07, 6.45) is 5.38. The third-order valence-electron chi connectivity index (χ3n) is 3.46. The summed E-state index contributed by atoms with van der Waals surface area (Å²) >= 11 is 1.69. The molecule has 3 rings (SSSR count). The largest absolute Gasteiger partial charge is 0.217 e. The lowest BCUT2D eigenvalue weighted by Gasteiger charge is -2.00. The Hall–Kier alpha value is -1.68. The van der Waals surface area contributed by atoms with Crippen molar-refractivity contribution in [2.24, 2.45) is 5.92 Å². The molecule has 1 aromatic carbocycles. The molecule has 110 valence electrons. The maximum atomic E-state index is 4.71. The van der Waals surface area contributed by atoms with Crippen LogP contribution >= 0.6 is 11.3 Å². The van der Waals surface area contributed by atoms with E-state index in [2.05, 4.69) is 50.1 Å². The smallest absolute Gasteiger partial charge is 0.212 e. The van der Waals surface area contributed by atoms with E-state index in [0.717, 1.165) is 34.1 Å². The first-order chi connectivity index (χ1) is 10.2. The van der Waals surface area contributed by atoms with Gasteiger partial charge in [0.1, 0.15) is 5.01 Å². The molecule has 0 aliphatic heterocycles. The first-order valence-electron chi connectivity index (χ1n) is 7.60. The van der Waals surface area contributed by atoms with Crippen LogP contribution in [0, 0.1) is 5.92 Å². The molecule has 2 aromatic heterocycles. The van der Waals surface area contributed by atoms with E-state index in [1.165, 1.54) is 12.0 Å². The molecule has 2 heterocycles. The minimum atomic E-state index is 0.631. The van der Waals surface area contributed by atoms with Gasteiger partial charge in [-0.25, -0.2) is 9.50 Å². The van der Waals surface area contributed by atoms with Gasteiger partial charge in [0.05, 0.1) is 11.9 Å². The fraction of sp³-hybridized carbons (Fsp3) is 0.412. The van der Waals surface area contributed by atoms with E-state index >= 15 is 0 Å². The van der Waals surface area contributed by atoms with Gasteiger partial charge < -0.3 is 0 Å². The van der Waals surface area contributed by atoms with Gasteiger partial charge >= 0.3 is 0 Å². The molecule has 0 fully saturated rings. The van der Waals surface area contributed by atoms with Gasteiger partial charge in [-0.1, -0.05) is 62.8 Å². The number of hydrogen-bond donors (Lipinski definition) is 0. The molecule has 0 saturated carbocycles. The summed E-state index contributed by atoms with van der Waals surface area (Å²) in [5, 5.41) is 5.78. The van der Waals surface area contributed by atoms with Gasteiger partial charge in [-0.3, -0.25) is 0 Å². The molecule has 3 nitrogen and oxygen atoms in total. The molecule has 0 amide bonds. The lowest BCUT2D eigenvalue weighted by atomic mass is 10.1. The number of fused-ring (bicyclic) bond motifs is 1. The average Bonchev–Trinajstić information content (AvgIpc) is 2.97. The van der Waals surface area contributed by atoms with Gasteiger partial charge in [0, 0.05) is 12.0 Å². The average molecular weight is 299 g/mol. The minimum Gasteiger partial charge on any atom is -0.217 e. The highest BCUT2D eigenvalue weighted by Gasteiger charge is 2.10. The van der Waals surface area contributed by atoms with E-state index in [-0.39, 0.29) is 0 Å². The van der Waals surface area contributed by atoms with Gasteiger partial charge in [-0.15, -0.1) is 0 Å². The molecular formula is C17H21N3S. The molecule has 3 aromatic rings. The highest BCUT2D eigenvalue weighted by Crippen LogP contribution is 2.24. The summed E-state index contributed by atoms with van der Waals surface area (Å²) in [5.74, 6) is 0.631. The van der Waals surface area contributed by atoms with Crippen LogP contribution in [0.15, 0.2) is 30.5 Å². The second kappa shape index (κ2) is 5.98. The number of benzene rings is 1. The minimum absolute atomic E-state index is 0.631. The molecule has 0 N–H and O–H groups in total. The number of aryl methyl sites for hydroxylation is 1. The van der Waals surface area contributed by atoms with E-state index in [1.807, 2.05) is 10.7 Å². The van der Waals surface area contributed by atoms with E-state index in [1.54, 1.807) is 11.3 Å². The maximum absolute atomic E-state index is 4.71. The first kappa shape index (κ1) is 14.3. The van der Waals surface area contributed by atoms with Gasteiger partial charge in [-0.2, -0.15) is 5.10 Å². The van der Waals surface area contributed by atoms with Gasteiger partial charge in [0.15, 0.2) is 0 Å². The van der Waals surface area contributed by atoms with E-state index < -0.39 is 0 Å². The Kier molecular flexibility index (Phi) is 4.06. The summed E-state index contributed by atoms with van der Waals surface area (Å²) in [7, 11) is 0. The van der Waals surface area contributed by atoms with Crippen LogP contribution in [0.4, 0.5) is 0 Å². The molecule has 0 atom stereocenters. The monoisotopic (exact) mass is 299 g/mol. The van der Waals surface area contributed by atoms with Crippen molar-refractivity contribution in [1.29, 1.82) is 0 Å². The number of rotatable bonds is 5. The molecule has 0 unspecified atom stereocenters. The predicted molar refractivity (Wildman–Crippen MR) is 88.8 cm³/mol. The second-order valence-corrected chi connectivity index (χ2v) is 6.93. The van der Waals surface area contributed by atoms with Crippen LogP contribution in [0.2, 0.25) is 0 Å². The highest BCUT2D eigenvalue weighted by molar-refractivity contribution is 7.16. The zero-order valence-corrected chi connectivity index (χ0v) is 13.7. The Morgan fingerprint density at radius 1 is 1.19 bits per heavy atom. The van der Waals surface area contributed by atoms with Crippen molar-refractivity contribution < 1.29 is 0 Å². The Bertz CT molecular complexity index is 691. The quantitative estimate of drug-likeness (QED) is 0.688. The number of hydrogen-bond acceptors (Lipinski definition) is 3. The third kappa shape index (κ3) is 3.16. The standard InChI is InChI=1S/C17H21N3S/c1-4-5-13-6-8-14(9-7-13)15-11-20-17(18-15)21-16(19-20)10-12(2)3/h6-9,11-12H,4-5,10H2,1-3H3. The Morgan fingerprint density at radius 3 is 2.57 bits per heavy atom. The van der Waals surface area contributed by atoms with E-state index in [9.17, 15) is 0 Å². The van der Waals surface area contributed by atoms with Crippen molar-refractivity contribution in [1.82, 2.24) is 14.6 Å². The number of nitrogens with zero attached hydrogens (tertiary/aromatic N) is 3. The summed E-state index contributed by atoms with van der Waals surface area (Å²) < 4.78 is 1.91. The predicted octanol–water partition coefficient (Wildman–Crippen LogP) is 4.61. The highest BCUT2D eigenvalue weighted by atomic mass is 32.1. The molecule has 0 radical (unpaired) electrons. The Labute approximate surface area is 129 Å². The summed E-state index contributed by atoms with van der Waals surface area (Å²) in [4.78, 5) is 5.69.